The van der Waals surface area contributed by atoms with Gasteiger partial charge in [-0.25, -0.2) is 0 Å². The molecule has 1 saturated carbocycles. The van der Waals surface area contributed by atoms with Crippen LogP contribution in [0.2, 0.25) is 0 Å². The molecule has 0 spiro atoms. The van der Waals surface area contributed by atoms with E-state index in [2.05, 4.69) is 31.2 Å². The van der Waals surface area contributed by atoms with Gasteiger partial charge in [-0.1, -0.05) is 56.9 Å². The maximum atomic E-state index is 6.75. The highest BCUT2D eigenvalue weighted by atomic mass is 14.7. The Balaban J connectivity index is 1.70. The molecule has 0 aromatic heterocycles. The molecule has 3 rings (SSSR count). The van der Waals surface area contributed by atoms with E-state index in [0.29, 0.717) is 12.0 Å². The van der Waals surface area contributed by atoms with Crippen molar-refractivity contribution in [3.8, 4) is 0 Å². The zero-order chi connectivity index (χ0) is 13.9. The Morgan fingerprint density at radius 1 is 1.10 bits per heavy atom. The molecule has 2 aliphatic rings. The van der Waals surface area contributed by atoms with Crippen molar-refractivity contribution < 1.29 is 0 Å². The van der Waals surface area contributed by atoms with Crippen LogP contribution in [0.4, 0.5) is 0 Å². The Kier molecular flexibility index (Phi) is 4.45. The predicted molar refractivity (Wildman–Crippen MR) is 85.7 cm³/mol. The summed E-state index contributed by atoms with van der Waals surface area (Å²) >= 11 is 0. The highest BCUT2D eigenvalue weighted by Gasteiger charge is 2.34. The van der Waals surface area contributed by atoms with E-state index in [9.17, 15) is 0 Å². The molecular weight excluding hydrogens is 242 g/mol. The van der Waals surface area contributed by atoms with Gasteiger partial charge in [-0.15, -0.1) is 0 Å². The highest BCUT2D eigenvalue weighted by molar-refractivity contribution is 5.30. The van der Waals surface area contributed by atoms with Gasteiger partial charge in [0, 0.05) is 6.04 Å². The molecule has 1 heteroatoms. The number of nitrogens with two attached hydrogens (primary N) is 1. The molecule has 1 nitrogen and oxygen atoms in total. The molecule has 2 N–H and O–H groups in total. The number of hydrogen-bond acceptors (Lipinski definition) is 1. The molecule has 1 aromatic carbocycles. The van der Waals surface area contributed by atoms with Crippen LogP contribution in [0.5, 0.6) is 0 Å². The molecule has 1 fully saturated rings. The normalized spacial score (nSPS) is 31.6. The summed E-state index contributed by atoms with van der Waals surface area (Å²) < 4.78 is 0. The minimum atomic E-state index is 0.425. The smallest absolute Gasteiger partial charge is 0.0102 e. The third kappa shape index (κ3) is 2.79. The standard InChI is InChI=1S/C19H29N/c1-2-14-7-5-6-10-18(14)19(20)17-12-11-15-8-3-4-9-16(15)13-17/h3-4,8-9,14,17-19H,2,5-7,10-13,20H2,1H3. The summed E-state index contributed by atoms with van der Waals surface area (Å²) in [5.41, 5.74) is 9.87. The maximum absolute atomic E-state index is 6.75. The van der Waals surface area contributed by atoms with Crippen LogP contribution in [0.1, 0.15) is 56.6 Å². The lowest BCUT2D eigenvalue weighted by Crippen LogP contribution is -2.44. The second-order valence-corrected chi connectivity index (χ2v) is 6.97. The molecule has 20 heavy (non-hydrogen) atoms. The monoisotopic (exact) mass is 271 g/mol. The molecule has 0 aliphatic heterocycles. The topological polar surface area (TPSA) is 26.0 Å². The molecule has 0 radical (unpaired) electrons. The van der Waals surface area contributed by atoms with E-state index in [1.807, 2.05) is 0 Å². The molecular formula is C19H29N. The van der Waals surface area contributed by atoms with Crippen LogP contribution in [0, 0.1) is 17.8 Å². The van der Waals surface area contributed by atoms with Gasteiger partial charge in [0.15, 0.2) is 0 Å². The third-order valence-corrected chi connectivity index (χ3v) is 5.92. The maximum Gasteiger partial charge on any atom is 0.0102 e. The van der Waals surface area contributed by atoms with Gasteiger partial charge in [0.1, 0.15) is 0 Å². The van der Waals surface area contributed by atoms with Gasteiger partial charge in [-0.3, -0.25) is 0 Å². The van der Waals surface area contributed by atoms with Crippen LogP contribution in [0.3, 0.4) is 0 Å². The number of benzene rings is 1. The van der Waals surface area contributed by atoms with E-state index in [0.717, 1.165) is 11.8 Å². The van der Waals surface area contributed by atoms with Crippen molar-refractivity contribution in [1.82, 2.24) is 0 Å². The first kappa shape index (κ1) is 14.1. The Morgan fingerprint density at radius 3 is 2.65 bits per heavy atom. The van der Waals surface area contributed by atoms with Gasteiger partial charge in [0.2, 0.25) is 0 Å². The first-order valence-electron chi connectivity index (χ1n) is 8.62. The number of hydrogen-bond donors (Lipinski definition) is 1. The van der Waals surface area contributed by atoms with Gasteiger partial charge in [-0.2, -0.15) is 0 Å². The van der Waals surface area contributed by atoms with Crippen LogP contribution < -0.4 is 5.73 Å². The van der Waals surface area contributed by atoms with Crippen molar-refractivity contribution in [1.29, 1.82) is 0 Å². The molecule has 0 heterocycles. The Hall–Kier alpha value is -0.820. The summed E-state index contributed by atoms with van der Waals surface area (Å²) in [6.45, 7) is 2.35. The van der Waals surface area contributed by atoms with Crippen LogP contribution in [-0.4, -0.2) is 6.04 Å². The van der Waals surface area contributed by atoms with Crippen LogP contribution >= 0.6 is 0 Å². The van der Waals surface area contributed by atoms with Crippen molar-refractivity contribution in [3.05, 3.63) is 35.4 Å². The van der Waals surface area contributed by atoms with E-state index in [-0.39, 0.29) is 0 Å². The first-order chi connectivity index (χ1) is 9.79. The second-order valence-electron chi connectivity index (χ2n) is 6.97. The van der Waals surface area contributed by atoms with Crippen LogP contribution in [0.25, 0.3) is 0 Å². The fraction of sp³-hybridized carbons (Fsp3) is 0.684. The predicted octanol–water partition coefficient (Wildman–Crippen LogP) is 4.34. The van der Waals surface area contributed by atoms with Gasteiger partial charge in [0.25, 0.3) is 0 Å². The SMILES string of the molecule is CCC1CCCCC1C(N)C1CCc2ccccc2C1. The van der Waals surface area contributed by atoms with Gasteiger partial charge in [0.05, 0.1) is 0 Å². The lowest BCUT2D eigenvalue weighted by Gasteiger charge is -2.40. The molecule has 0 saturated heterocycles. The Labute approximate surface area is 124 Å². The second kappa shape index (κ2) is 6.30. The number of aryl methyl sites for hydroxylation is 1. The highest BCUT2D eigenvalue weighted by Crippen LogP contribution is 2.38. The van der Waals surface area contributed by atoms with E-state index in [1.165, 1.54) is 51.4 Å². The quantitative estimate of drug-likeness (QED) is 0.869. The van der Waals surface area contributed by atoms with E-state index < -0.39 is 0 Å². The van der Waals surface area contributed by atoms with Crippen LogP contribution in [-0.2, 0) is 12.8 Å². The average Bonchev–Trinajstić information content (AvgIpc) is 2.53. The number of fused-ring (bicyclic) bond motifs is 1. The molecule has 4 unspecified atom stereocenters. The van der Waals surface area contributed by atoms with Crippen molar-refractivity contribution in [2.24, 2.45) is 23.5 Å². The Bertz CT molecular complexity index is 439. The van der Waals surface area contributed by atoms with E-state index in [4.69, 9.17) is 5.73 Å². The van der Waals surface area contributed by atoms with Crippen molar-refractivity contribution >= 4 is 0 Å². The summed E-state index contributed by atoms with van der Waals surface area (Å²) in [6, 6.07) is 9.39. The fourth-order valence-electron chi connectivity index (χ4n) is 4.65. The van der Waals surface area contributed by atoms with Crippen molar-refractivity contribution in [2.75, 3.05) is 0 Å². The van der Waals surface area contributed by atoms with Gasteiger partial charge in [-0.05, 0) is 54.6 Å². The minimum absolute atomic E-state index is 0.425. The Morgan fingerprint density at radius 2 is 1.85 bits per heavy atom. The molecule has 1 aromatic rings. The van der Waals surface area contributed by atoms with E-state index >= 15 is 0 Å². The average molecular weight is 271 g/mol. The largest absolute Gasteiger partial charge is 0.327 e. The third-order valence-electron chi connectivity index (χ3n) is 5.92. The molecule has 110 valence electrons. The first-order valence-corrected chi connectivity index (χ1v) is 8.62. The molecule has 0 amide bonds. The molecule has 2 aliphatic carbocycles. The van der Waals surface area contributed by atoms with Crippen molar-refractivity contribution in [2.45, 2.75) is 64.3 Å². The molecule has 4 atom stereocenters. The minimum Gasteiger partial charge on any atom is -0.327 e. The summed E-state index contributed by atoms with van der Waals surface area (Å²) in [7, 11) is 0. The summed E-state index contributed by atoms with van der Waals surface area (Å²) in [4.78, 5) is 0. The van der Waals surface area contributed by atoms with Crippen molar-refractivity contribution in [3.63, 3.8) is 0 Å². The fourth-order valence-corrected chi connectivity index (χ4v) is 4.65. The summed E-state index contributed by atoms with van der Waals surface area (Å²) in [5, 5.41) is 0. The van der Waals surface area contributed by atoms with E-state index in [1.54, 1.807) is 11.1 Å². The summed E-state index contributed by atoms with van der Waals surface area (Å²) in [6.07, 6.45) is 10.7. The zero-order valence-electron chi connectivity index (χ0n) is 12.9. The molecule has 0 bridgehead atoms. The van der Waals surface area contributed by atoms with Gasteiger partial charge < -0.3 is 5.73 Å². The number of rotatable bonds is 3. The summed E-state index contributed by atoms with van der Waals surface area (Å²) in [5.74, 6) is 2.38. The van der Waals surface area contributed by atoms with Crippen LogP contribution in [0.15, 0.2) is 24.3 Å². The zero-order valence-corrected chi connectivity index (χ0v) is 12.9. The lowest BCUT2D eigenvalue weighted by atomic mass is 9.68. The lowest BCUT2D eigenvalue weighted by molar-refractivity contribution is 0.154. The van der Waals surface area contributed by atoms with Gasteiger partial charge >= 0.3 is 0 Å².